The number of esters is 3. The molecule has 0 aliphatic heterocycles. The Morgan fingerprint density at radius 2 is 0.559 bits per heavy atom. The van der Waals surface area contributed by atoms with E-state index in [4.69, 9.17) is 14.2 Å². The minimum atomic E-state index is -0.731. The minimum Gasteiger partial charge on any atom is -0.508 e. The monoisotopic (exact) mass is 784 g/mol. The summed E-state index contributed by atoms with van der Waals surface area (Å²) in [5.74, 6) is -0.371. The molecule has 0 unspecified atom stereocenters. The minimum absolute atomic E-state index is 0.0482. The topological polar surface area (TPSA) is 140 Å². The molecule has 0 aromatic heterocycles. The van der Waals surface area contributed by atoms with E-state index in [1.165, 1.54) is 72.8 Å². The molecule has 3 N–H and O–H groups in total. The highest BCUT2D eigenvalue weighted by molar-refractivity contribution is 5.92. The number of carbonyl (C=O) groups is 3. The van der Waals surface area contributed by atoms with Crippen molar-refractivity contribution in [1.82, 2.24) is 0 Å². The molecule has 0 aliphatic rings. The first-order chi connectivity index (χ1) is 28.3. The van der Waals surface area contributed by atoms with Crippen molar-refractivity contribution >= 4 is 17.9 Å². The van der Waals surface area contributed by atoms with Crippen molar-refractivity contribution in [3.8, 4) is 34.5 Å². The Morgan fingerprint density at radius 3 is 0.831 bits per heavy atom. The van der Waals surface area contributed by atoms with Crippen LogP contribution in [0, 0.1) is 0 Å². The summed E-state index contributed by atoms with van der Waals surface area (Å²) >= 11 is 0. The van der Waals surface area contributed by atoms with Gasteiger partial charge in [0, 0.05) is 10.8 Å². The molecular formula is C50H40O9. The SMILES string of the molecule is CC(C)(c1ccc(OC(=O)c2ccc(O)cc2)cc1)c1ccc(C(C)(c2ccc(OC(=O)c3ccc(O)cc3)cc2)c2ccc(OC(=O)c3ccc(O)cc3)cc2)cc1. The molecule has 0 heterocycles. The van der Waals surface area contributed by atoms with Gasteiger partial charge in [-0.3, -0.25) is 0 Å². The summed E-state index contributed by atoms with van der Waals surface area (Å²) in [6.45, 7) is 6.34. The largest absolute Gasteiger partial charge is 0.508 e. The molecule has 7 rings (SSSR count). The number of hydrogen-bond donors (Lipinski definition) is 3. The summed E-state index contributed by atoms with van der Waals surface area (Å²) < 4.78 is 16.9. The predicted molar refractivity (Wildman–Crippen MR) is 223 cm³/mol. The maximum atomic E-state index is 12.8. The van der Waals surface area contributed by atoms with Gasteiger partial charge in [0.05, 0.1) is 16.7 Å². The number of phenolic OH excluding ortho intramolecular Hbond substituents is 3. The third-order valence-electron chi connectivity index (χ3n) is 10.6. The van der Waals surface area contributed by atoms with E-state index in [0.717, 1.165) is 27.8 Å². The van der Waals surface area contributed by atoms with Crippen molar-refractivity contribution in [2.75, 3.05) is 0 Å². The van der Waals surface area contributed by atoms with Crippen LogP contribution in [0.1, 0.15) is 79.7 Å². The molecule has 0 fully saturated rings. The van der Waals surface area contributed by atoms with E-state index in [0.29, 0.717) is 33.9 Å². The number of hydrogen-bond acceptors (Lipinski definition) is 9. The zero-order valence-corrected chi connectivity index (χ0v) is 32.5. The highest BCUT2D eigenvalue weighted by Crippen LogP contribution is 2.42. The normalized spacial score (nSPS) is 11.4. The molecule has 0 saturated heterocycles. The third-order valence-corrected chi connectivity index (χ3v) is 10.6. The molecule has 294 valence electrons. The Hall–Kier alpha value is -7.65. The van der Waals surface area contributed by atoms with Gasteiger partial charge >= 0.3 is 17.9 Å². The van der Waals surface area contributed by atoms with Crippen LogP contribution in [0.2, 0.25) is 0 Å². The van der Waals surface area contributed by atoms with Gasteiger partial charge < -0.3 is 29.5 Å². The van der Waals surface area contributed by atoms with Crippen LogP contribution in [0.25, 0.3) is 0 Å². The van der Waals surface area contributed by atoms with Crippen LogP contribution in [0.15, 0.2) is 170 Å². The Balaban J connectivity index is 1.15. The number of benzene rings is 7. The van der Waals surface area contributed by atoms with E-state index in [-0.39, 0.29) is 17.2 Å². The van der Waals surface area contributed by atoms with Crippen LogP contribution in [-0.2, 0) is 10.8 Å². The second-order valence-electron chi connectivity index (χ2n) is 14.7. The first-order valence-electron chi connectivity index (χ1n) is 18.8. The van der Waals surface area contributed by atoms with Crippen LogP contribution in [0.3, 0.4) is 0 Å². The molecule has 9 heteroatoms. The van der Waals surface area contributed by atoms with E-state index in [2.05, 4.69) is 45.0 Å². The quantitative estimate of drug-likeness (QED) is 0.0664. The highest BCUT2D eigenvalue weighted by atomic mass is 16.5. The van der Waals surface area contributed by atoms with Crippen molar-refractivity contribution < 1.29 is 43.9 Å². The third kappa shape index (κ3) is 8.69. The van der Waals surface area contributed by atoms with Gasteiger partial charge in [-0.05, 0) is 144 Å². The van der Waals surface area contributed by atoms with Crippen molar-refractivity contribution in [2.24, 2.45) is 0 Å². The summed E-state index contributed by atoms with van der Waals surface area (Å²) in [5, 5.41) is 28.8. The maximum Gasteiger partial charge on any atom is 0.343 e. The van der Waals surface area contributed by atoms with Crippen LogP contribution >= 0.6 is 0 Å². The zero-order chi connectivity index (χ0) is 41.7. The summed E-state index contributed by atoms with van der Waals surface area (Å²) in [6, 6.07) is 47.9. The second kappa shape index (κ2) is 16.4. The van der Waals surface area contributed by atoms with Crippen molar-refractivity contribution in [1.29, 1.82) is 0 Å². The van der Waals surface area contributed by atoms with Gasteiger partial charge in [0.2, 0.25) is 0 Å². The van der Waals surface area contributed by atoms with Gasteiger partial charge in [-0.25, -0.2) is 14.4 Å². The fourth-order valence-corrected chi connectivity index (χ4v) is 6.83. The van der Waals surface area contributed by atoms with E-state index in [9.17, 15) is 29.7 Å². The lowest BCUT2D eigenvalue weighted by atomic mass is 9.70. The van der Waals surface area contributed by atoms with E-state index in [1.54, 1.807) is 36.4 Å². The first kappa shape index (κ1) is 39.6. The molecule has 0 radical (unpaired) electrons. The fourth-order valence-electron chi connectivity index (χ4n) is 6.83. The van der Waals surface area contributed by atoms with Crippen LogP contribution in [0.4, 0.5) is 0 Å². The Morgan fingerprint density at radius 1 is 0.339 bits per heavy atom. The summed E-state index contributed by atoms with van der Waals surface area (Å²) in [4.78, 5) is 38.3. The lowest BCUT2D eigenvalue weighted by Crippen LogP contribution is -2.26. The van der Waals surface area contributed by atoms with Gasteiger partial charge in [-0.1, -0.05) is 74.5 Å². The van der Waals surface area contributed by atoms with Gasteiger partial charge in [0.15, 0.2) is 0 Å². The lowest BCUT2D eigenvalue weighted by molar-refractivity contribution is 0.0725. The molecule has 0 bridgehead atoms. The van der Waals surface area contributed by atoms with Crippen LogP contribution in [-0.4, -0.2) is 33.2 Å². The molecule has 0 spiro atoms. The summed E-state index contributed by atoms with van der Waals surface area (Å²) in [7, 11) is 0. The highest BCUT2D eigenvalue weighted by Gasteiger charge is 2.33. The first-order valence-corrected chi connectivity index (χ1v) is 18.8. The van der Waals surface area contributed by atoms with Crippen molar-refractivity contribution in [3.05, 3.63) is 214 Å². The molecule has 0 saturated carbocycles. The fraction of sp³-hybridized carbons (Fsp3) is 0.100. The number of ether oxygens (including phenoxy) is 3. The Kier molecular flexibility index (Phi) is 11.0. The lowest BCUT2D eigenvalue weighted by Gasteiger charge is -2.33. The molecule has 7 aromatic rings. The standard InChI is InChI=1S/C50H40O9/c1-49(2,36-14-26-43(27-15-36)57-46(54)32-4-20-40(51)21-5-32)35-10-12-37(13-11-35)50(3,38-16-28-44(29-17-38)58-47(55)33-6-22-41(52)23-7-33)39-18-30-45(31-19-39)59-48(56)34-8-24-42(53)25-9-34/h4-31,51-53H,1-3H3. The number of carbonyl (C=O) groups excluding carboxylic acids is 3. The molecule has 7 aromatic carbocycles. The van der Waals surface area contributed by atoms with Crippen LogP contribution < -0.4 is 14.2 Å². The van der Waals surface area contributed by atoms with Gasteiger partial charge in [-0.2, -0.15) is 0 Å². The molecule has 0 aliphatic carbocycles. The number of rotatable bonds is 11. The predicted octanol–water partition coefficient (Wildman–Crippen LogP) is 10.1. The van der Waals surface area contributed by atoms with Gasteiger partial charge in [0.1, 0.15) is 34.5 Å². The number of phenols is 3. The van der Waals surface area contributed by atoms with E-state index in [1.807, 2.05) is 36.4 Å². The van der Waals surface area contributed by atoms with E-state index >= 15 is 0 Å². The summed E-state index contributed by atoms with van der Waals surface area (Å²) in [5.41, 5.74) is 4.60. The second-order valence-corrected chi connectivity index (χ2v) is 14.7. The zero-order valence-electron chi connectivity index (χ0n) is 32.5. The molecule has 0 amide bonds. The smallest absolute Gasteiger partial charge is 0.343 e. The molecular weight excluding hydrogens is 745 g/mol. The molecule has 0 atom stereocenters. The average Bonchev–Trinajstić information content (AvgIpc) is 3.25. The Labute approximate surface area is 341 Å². The van der Waals surface area contributed by atoms with Crippen LogP contribution in [0.5, 0.6) is 34.5 Å². The number of aromatic hydroxyl groups is 3. The Bertz CT molecular complexity index is 2470. The molecule has 59 heavy (non-hydrogen) atoms. The molecule has 9 nitrogen and oxygen atoms in total. The van der Waals surface area contributed by atoms with Gasteiger partial charge in [-0.15, -0.1) is 0 Å². The average molecular weight is 785 g/mol. The van der Waals surface area contributed by atoms with Gasteiger partial charge in [0.25, 0.3) is 0 Å². The summed E-state index contributed by atoms with van der Waals surface area (Å²) in [6.07, 6.45) is 0. The maximum absolute atomic E-state index is 12.8. The van der Waals surface area contributed by atoms with Crippen molar-refractivity contribution in [2.45, 2.75) is 31.6 Å². The van der Waals surface area contributed by atoms with E-state index < -0.39 is 28.7 Å². The van der Waals surface area contributed by atoms with Crippen molar-refractivity contribution in [3.63, 3.8) is 0 Å².